The monoisotopic (exact) mass is 271 g/mol. The van der Waals surface area contributed by atoms with Crippen molar-refractivity contribution in [3.63, 3.8) is 0 Å². The van der Waals surface area contributed by atoms with Crippen molar-refractivity contribution in [2.24, 2.45) is 0 Å². The van der Waals surface area contributed by atoms with E-state index < -0.39 is 0 Å². The van der Waals surface area contributed by atoms with E-state index in [1.54, 1.807) is 17.0 Å². The third-order valence-electron chi connectivity index (χ3n) is 3.44. The average Bonchev–Trinajstić information content (AvgIpc) is 2.43. The second-order valence-corrected chi connectivity index (χ2v) is 5.31. The van der Waals surface area contributed by atoms with Crippen molar-refractivity contribution in [1.29, 1.82) is 0 Å². The van der Waals surface area contributed by atoms with Crippen LogP contribution in [0.15, 0.2) is 36.4 Å². The summed E-state index contributed by atoms with van der Waals surface area (Å²) < 4.78 is 0. The Morgan fingerprint density at radius 2 is 1.80 bits per heavy atom. The lowest BCUT2D eigenvalue weighted by Gasteiger charge is -2.26. The van der Waals surface area contributed by atoms with E-state index in [1.165, 1.54) is 0 Å². The molecule has 2 aromatic rings. The van der Waals surface area contributed by atoms with Gasteiger partial charge in [0.25, 0.3) is 5.91 Å². The molecule has 0 fully saturated rings. The van der Waals surface area contributed by atoms with Crippen LogP contribution < -0.4 is 0 Å². The van der Waals surface area contributed by atoms with Crippen LogP contribution >= 0.6 is 0 Å². The number of carbonyl (C=O) groups excluding carboxylic acids is 1. The molecule has 0 aliphatic carbocycles. The minimum Gasteiger partial charge on any atom is -0.507 e. The van der Waals surface area contributed by atoms with Gasteiger partial charge in [-0.15, -0.1) is 0 Å². The number of hydrogen-bond donors (Lipinski definition) is 1. The second kappa shape index (κ2) is 5.95. The van der Waals surface area contributed by atoms with E-state index in [0.717, 1.165) is 17.2 Å². The maximum absolute atomic E-state index is 12.6. The van der Waals surface area contributed by atoms with Gasteiger partial charge in [0.05, 0.1) is 5.56 Å². The molecule has 106 valence electrons. The second-order valence-electron chi connectivity index (χ2n) is 5.31. The molecule has 0 aliphatic rings. The Labute approximate surface area is 119 Å². The largest absolute Gasteiger partial charge is 0.507 e. The molecule has 0 radical (unpaired) electrons. The first-order chi connectivity index (χ1) is 9.54. The summed E-state index contributed by atoms with van der Waals surface area (Å²) in [6.45, 7) is 6.73. The van der Waals surface area contributed by atoms with E-state index in [4.69, 9.17) is 0 Å². The van der Waals surface area contributed by atoms with E-state index in [1.807, 2.05) is 45.0 Å². The van der Waals surface area contributed by atoms with E-state index in [0.29, 0.717) is 12.1 Å². The first kappa shape index (κ1) is 14.4. The fourth-order valence-corrected chi connectivity index (χ4v) is 2.39. The minimum absolute atomic E-state index is 0.0513. The Morgan fingerprint density at radius 1 is 1.20 bits per heavy atom. The van der Waals surface area contributed by atoms with Crippen LogP contribution in [0.3, 0.4) is 0 Å². The lowest BCUT2D eigenvalue weighted by Crippen LogP contribution is -2.37. The molecule has 0 unspecified atom stereocenters. The molecular formula is C17H21NO2. The number of phenols is 1. The number of fused-ring (bicyclic) bond motifs is 1. The molecule has 0 aromatic heterocycles. The number of amides is 1. The van der Waals surface area contributed by atoms with Gasteiger partial charge in [-0.2, -0.15) is 0 Å². The SMILES string of the molecule is CCCN(C(=O)c1cc2ccccc2cc1O)C(C)C. The van der Waals surface area contributed by atoms with Crippen LogP contribution in [0, 0.1) is 0 Å². The smallest absolute Gasteiger partial charge is 0.257 e. The number of phenolic OH excluding ortho intramolecular Hbond substituents is 1. The molecule has 0 saturated carbocycles. The fourth-order valence-electron chi connectivity index (χ4n) is 2.39. The van der Waals surface area contributed by atoms with E-state index in [-0.39, 0.29) is 17.7 Å². The third-order valence-corrected chi connectivity index (χ3v) is 3.44. The molecule has 0 bridgehead atoms. The van der Waals surface area contributed by atoms with E-state index in [9.17, 15) is 9.90 Å². The summed E-state index contributed by atoms with van der Waals surface area (Å²) in [5.41, 5.74) is 0.380. The summed E-state index contributed by atoms with van der Waals surface area (Å²) in [7, 11) is 0. The highest BCUT2D eigenvalue weighted by Gasteiger charge is 2.21. The molecule has 0 atom stereocenters. The summed E-state index contributed by atoms with van der Waals surface area (Å²) in [4.78, 5) is 14.4. The number of benzene rings is 2. The molecule has 2 aromatic carbocycles. The molecule has 2 rings (SSSR count). The van der Waals surface area contributed by atoms with Gasteiger partial charge in [0.1, 0.15) is 5.75 Å². The maximum Gasteiger partial charge on any atom is 0.257 e. The first-order valence-electron chi connectivity index (χ1n) is 7.07. The summed E-state index contributed by atoms with van der Waals surface area (Å²) in [6.07, 6.45) is 0.901. The Morgan fingerprint density at radius 3 is 2.35 bits per heavy atom. The van der Waals surface area contributed by atoms with Crippen LogP contribution in [0.4, 0.5) is 0 Å². The average molecular weight is 271 g/mol. The molecular weight excluding hydrogens is 250 g/mol. The summed E-state index contributed by atoms with van der Waals surface area (Å²) in [5, 5.41) is 12.0. The Kier molecular flexibility index (Phi) is 4.28. The van der Waals surface area contributed by atoms with Crippen LogP contribution in [0.2, 0.25) is 0 Å². The van der Waals surface area contributed by atoms with Gasteiger partial charge in [0.15, 0.2) is 0 Å². The van der Waals surface area contributed by atoms with Crippen LogP contribution in [0.25, 0.3) is 10.8 Å². The van der Waals surface area contributed by atoms with Gasteiger partial charge in [-0.25, -0.2) is 0 Å². The van der Waals surface area contributed by atoms with Gasteiger partial charge in [-0.3, -0.25) is 4.79 Å². The highest BCUT2D eigenvalue weighted by Crippen LogP contribution is 2.26. The zero-order valence-electron chi connectivity index (χ0n) is 12.3. The summed E-state index contributed by atoms with van der Waals surface area (Å²) in [5.74, 6) is -0.0550. The predicted molar refractivity (Wildman–Crippen MR) is 82.1 cm³/mol. The van der Waals surface area contributed by atoms with Crippen LogP contribution in [-0.2, 0) is 0 Å². The van der Waals surface area contributed by atoms with Crippen molar-refractivity contribution in [3.05, 3.63) is 42.0 Å². The topological polar surface area (TPSA) is 40.5 Å². The van der Waals surface area contributed by atoms with Crippen molar-refractivity contribution in [1.82, 2.24) is 4.90 Å². The van der Waals surface area contributed by atoms with Crippen molar-refractivity contribution in [2.75, 3.05) is 6.54 Å². The lowest BCUT2D eigenvalue weighted by atomic mass is 10.0. The van der Waals surface area contributed by atoms with Crippen molar-refractivity contribution >= 4 is 16.7 Å². The van der Waals surface area contributed by atoms with Crippen molar-refractivity contribution in [2.45, 2.75) is 33.2 Å². The molecule has 0 heterocycles. The number of carbonyl (C=O) groups is 1. The normalized spacial score (nSPS) is 11.0. The van der Waals surface area contributed by atoms with Gasteiger partial charge >= 0.3 is 0 Å². The lowest BCUT2D eigenvalue weighted by molar-refractivity contribution is 0.0703. The standard InChI is InChI=1S/C17H21NO2/c1-4-9-18(12(2)3)17(20)15-10-13-7-5-6-8-14(13)11-16(15)19/h5-8,10-12,19H,4,9H2,1-3H3. The van der Waals surface area contributed by atoms with Gasteiger partial charge in [0.2, 0.25) is 0 Å². The highest BCUT2D eigenvalue weighted by molar-refractivity contribution is 6.01. The quantitative estimate of drug-likeness (QED) is 0.918. The number of hydrogen-bond acceptors (Lipinski definition) is 2. The zero-order chi connectivity index (χ0) is 14.7. The van der Waals surface area contributed by atoms with Crippen molar-refractivity contribution < 1.29 is 9.90 Å². The Balaban J connectivity index is 2.45. The van der Waals surface area contributed by atoms with E-state index in [2.05, 4.69) is 0 Å². The molecule has 0 spiro atoms. The zero-order valence-corrected chi connectivity index (χ0v) is 12.3. The molecule has 0 saturated heterocycles. The van der Waals surface area contributed by atoms with Gasteiger partial charge in [-0.1, -0.05) is 31.2 Å². The third kappa shape index (κ3) is 2.77. The molecule has 0 aliphatic heterocycles. The molecule has 1 amide bonds. The van der Waals surface area contributed by atoms with Gasteiger partial charge in [0, 0.05) is 12.6 Å². The molecule has 3 heteroatoms. The van der Waals surface area contributed by atoms with Gasteiger partial charge < -0.3 is 10.0 Å². The molecule has 1 N–H and O–H groups in total. The maximum atomic E-state index is 12.6. The predicted octanol–water partition coefficient (Wildman–Crippen LogP) is 3.81. The molecule has 20 heavy (non-hydrogen) atoms. The van der Waals surface area contributed by atoms with Crippen LogP contribution in [-0.4, -0.2) is 28.5 Å². The highest BCUT2D eigenvalue weighted by atomic mass is 16.3. The fraction of sp³-hybridized carbons (Fsp3) is 0.353. The van der Waals surface area contributed by atoms with Gasteiger partial charge in [-0.05, 0) is 43.2 Å². The minimum atomic E-state index is -0.106. The molecule has 3 nitrogen and oxygen atoms in total. The summed E-state index contributed by atoms with van der Waals surface area (Å²) >= 11 is 0. The first-order valence-corrected chi connectivity index (χ1v) is 7.07. The number of nitrogens with zero attached hydrogens (tertiary/aromatic N) is 1. The van der Waals surface area contributed by atoms with Crippen LogP contribution in [0.1, 0.15) is 37.6 Å². The number of aromatic hydroxyl groups is 1. The van der Waals surface area contributed by atoms with Crippen molar-refractivity contribution in [3.8, 4) is 5.75 Å². The van der Waals surface area contributed by atoms with E-state index >= 15 is 0 Å². The van der Waals surface area contributed by atoms with Crippen LogP contribution in [0.5, 0.6) is 5.75 Å². The summed E-state index contributed by atoms with van der Waals surface area (Å²) in [6, 6.07) is 11.3. The Bertz CT molecular complexity index is 619. The Hall–Kier alpha value is -2.03. The number of rotatable bonds is 4.